The Labute approximate surface area is 112 Å². The first-order valence-electron chi connectivity index (χ1n) is 4.39. The third kappa shape index (κ3) is 3.67. The number of benzene rings is 1. The van der Waals surface area contributed by atoms with Gasteiger partial charge in [-0.15, -0.1) is 0 Å². The van der Waals surface area contributed by atoms with E-state index in [4.69, 9.17) is 9.84 Å². The van der Waals surface area contributed by atoms with Gasteiger partial charge in [0, 0.05) is 9.32 Å². The van der Waals surface area contributed by atoms with Crippen LogP contribution in [0.4, 0.5) is 0 Å². The minimum absolute atomic E-state index is 0.0144. The van der Waals surface area contributed by atoms with Crippen molar-refractivity contribution in [2.75, 3.05) is 5.75 Å². The first kappa shape index (κ1) is 13.3. The monoisotopic (exact) mass is 352 g/mol. The lowest BCUT2D eigenvalue weighted by Gasteiger charge is -2.07. The maximum absolute atomic E-state index is 11.2. The third-order valence-corrected chi connectivity index (χ3v) is 2.61. The molecule has 0 fully saturated rings. The molecule has 4 nitrogen and oxygen atoms in total. The van der Waals surface area contributed by atoms with Crippen molar-refractivity contribution in [2.45, 2.75) is 6.42 Å². The lowest BCUT2D eigenvalue weighted by atomic mass is 10.2. The van der Waals surface area contributed by atoms with Crippen molar-refractivity contribution < 1.29 is 19.4 Å². The minimum atomic E-state index is -1.12. The number of esters is 1. The van der Waals surface area contributed by atoms with Crippen molar-refractivity contribution in [2.24, 2.45) is 0 Å². The summed E-state index contributed by atoms with van der Waals surface area (Å²) in [5, 5.41) is 8.92. The highest BCUT2D eigenvalue weighted by Gasteiger charge is 2.14. The van der Waals surface area contributed by atoms with Crippen LogP contribution in [0.1, 0.15) is 16.8 Å². The van der Waals surface area contributed by atoms with E-state index in [2.05, 4.69) is 12.6 Å². The smallest absolute Gasteiger partial charge is 0.339 e. The van der Waals surface area contributed by atoms with Crippen molar-refractivity contribution >= 4 is 47.2 Å². The summed E-state index contributed by atoms with van der Waals surface area (Å²) < 4.78 is 5.70. The number of thiol groups is 1. The summed E-state index contributed by atoms with van der Waals surface area (Å²) in [4.78, 5) is 22.1. The van der Waals surface area contributed by atoms with Gasteiger partial charge in [-0.1, -0.05) is 0 Å². The van der Waals surface area contributed by atoms with Crippen LogP contribution in [0, 0.1) is 3.57 Å². The Hall–Kier alpha value is -0.760. The van der Waals surface area contributed by atoms with Gasteiger partial charge in [-0.2, -0.15) is 12.6 Å². The molecule has 0 atom stereocenters. The fourth-order valence-electron chi connectivity index (χ4n) is 1.02. The molecule has 1 N–H and O–H groups in total. The topological polar surface area (TPSA) is 63.6 Å². The summed E-state index contributed by atoms with van der Waals surface area (Å²) in [5.74, 6) is -1.17. The van der Waals surface area contributed by atoms with Crippen LogP contribution in [0.2, 0.25) is 0 Å². The maximum atomic E-state index is 11.2. The second-order valence-corrected chi connectivity index (χ2v) is 4.59. The predicted octanol–water partition coefficient (Wildman–Crippen LogP) is 2.21. The van der Waals surface area contributed by atoms with E-state index >= 15 is 0 Å². The largest absolute Gasteiger partial charge is 0.478 e. The molecule has 0 unspecified atom stereocenters. The number of carbonyl (C=O) groups excluding carboxylic acids is 1. The molecule has 0 radical (unpaired) electrons. The quantitative estimate of drug-likeness (QED) is 0.378. The number of aromatic carboxylic acids is 1. The van der Waals surface area contributed by atoms with Gasteiger partial charge in [0.2, 0.25) is 0 Å². The lowest BCUT2D eigenvalue weighted by Crippen LogP contribution is -2.11. The standard InChI is InChI=1S/C10H9IO4S/c11-6-1-2-8(7(5-6)10(13)14)15-9(12)3-4-16/h1-2,5,16H,3-4H2,(H,13,14). The Kier molecular flexibility index (Phi) is 5.07. The second kappa shape index (κ2) is 6.09. The number of carbonyl (C=O) groups is 2. The normalized spacial score (nSPS) is 9.88. The van der Waals surface area contributed by atoms with Gasteiger partial charge in [-0.25, -0.2) is 4.79 Å². The fraction of sp³-hybridized carbons (Fsp3) is 0.200. The first-order chi connectivity index (χ1) is 7.54. The van der Waals surface area contributed by atoms with Gasteiger partial charge < -0.3 is 9.84 Å². The average Bonchev–Trinajstić information content (AvgIpc) is 2.20. The zero-order valence-electron chi connectivity index (χ0n) is 8.14. The SMILES string of the molecule is O=C(CCS)Oc1ccc(I)cc1C(=O)O. The average molecular weight is 352 g/mol. The van der Waals surface area contributed by atoms with Crippen molar-refractivity contribution in [3.63, 3.8) is 0 Å². The van der Waals surface area contributed by atoms with Gasteiger partial charge >= 0.3 is 11.9 Å². The summed E-state index contributed by atoms with van der Waals surface area (Å²) in [6.45, 7) is 0. The number of ether oxygens (including phenoxy) is 1. The van der Waals surface area contributed by atoms with Gasteiger partial charge in [-0.3, -0.25) is 4.79 Å². The van der Waals surface area contributed by atoms with E-state index in [1.807, 2.05) is 22.6 Å². The van der Waals surface area contributed by atoms with Crippen LogP contribution in [0.25, 0.3) is 0 Å². The zero-order chi connectivity index (χ0) is 12.1. The Morgan fingerprint density at radius 2 is 2.12 bits per heavy atom. The Morgan fingerprint density at radius 1 is 1.44 bits per heavy atom. The van der Waals surface area contributed by atoms with Crippen LogP contribution in [-0.4, -0.2) is 22.8 Å². The molecule has 0 aliphatic rings. The summed E-state index contributed by atoms with van der Waals surface area (Å²) >= 11 is 5.88. The molecule has 1 aromatic rings. The van der Waals surface area contributed by atoms with Crippen molar-refractivity contribution in [1.82, 2.24) is 0 Å². The molecule has 1 aromatic carbocycles. The highest BCUT2D eigenvalue weighted by atomic mass is 127. The van der Waals surface area contributed by atoms with E-state index in [0.717, 1.165) is 3.57 Å². The third-order valence-electron chi connectivity index (χ3n) is 1.71. The number of halogens is 1. The fourth-order valence-corrected chi connectivity index (χ4v) is 1.70. The Balaban J connectivity index is 2.95. The maximum Gasteiger partial charge on any atom is 0.339 e. The van der Waals surface area contributed by atoms with Crippen molar-refractivity contribution in [3.05, 3.63) is 27.3 Å². The van der Waals surface area contributed by atoms with E-state index in [-0.39, 0.29) is 17.7 Å². The molecule has 86 valence electrons. The van der Waals surface area contributed by atoms with E-state index in [0.29, 0.717) is 5.75 Å². The Bertz CT molecular complexity index is 419. The molecule has 0 amide bonds. The molecule has 0 bridgehead atoms. The second-order valence-electron chi connectivity index (χ2n) is 2.89. The van der Waals surface area contributed by atoms with Crippen LogP contribution < -0.4 is 4.74 Å². The molecular formula is C10H9IO4S. The summed E-state index contributed by atoms with van der Waals surface area (Å²) in [6.07, 6.45) is 0.147. The Morgan fingerprint density at radius 3 is 2.69 bits per heavy atom. The van der Waals surface area contributed by atoms with Crippen LogP contribution in [0.5, 0.6) is 5.75 Å². The highest BCUT2D eigenvalue weighted by Crippen LogP contribution is 2.21. The number of hydrogen-bond acceptors (Lipinski definition) is 4. The van der Waals surface area contributed by atoms with E-state index < -0.39 is 11.9 Å². The molecule has 0 aromatic heterocycles. The van der Waals surface area contributed by atoms with Crippen molar-refractivity contribution in [3.8, 4) is 5.75 Å². The molecule has 0 aliphatic heterocycles. The molecule has 6 heteroatoms. The van der Waals surface area contributed by atoms with Gasteiger partial charge in [0.15, 0.2) is 0 Å². The molecule has 1 rings (SSSR count). The molecule has 0 saturated heterocycles. The number of rotatable bonds is 4. The number of hydrogen-bond donors (Lipinski definition) is 2. The molecular weight excluding hydrogens is 343 g/mol. The van der Waals surface area contributed by atoms with Crippen LogP contribution >= 0.6 is 35.2 Å². The zero-order valence-corrected chi connectivity index (χ0v) is 11.2. The molecule has 0 saturated carbocycles. The van der Waals surface area contributed by atoms with Crippen LogP contribution in [-0.2, 0) is 4.79 Å². The molecule has 0 heterocycles. The van der Waals surface area contributed by atoms with E-state index in [1.165, 1.54) is 12.1 Å². The van der Waals surface area contributed by atoms with E-state index in [9.17, 15) is 9.59 Å². The predicted molar refractivity (Wildman–Crippen MR) is 70.2 cm³/mol. The number of carboxylic acids is 1. The van der Waals surface area contributed by atoms with Crippen LogP contribution in [0.3, 0.4) is 0 Å². The van der Waals surface area contributed by atoms with Gasteiger partial charge in [-0.05, 0) is 40.8 Å². The van der Waals surface area contributed by atoms with Gasteiger partial charge in [0.1, 0.15) is 11.3 Å². The molecule has 0 spiro atoms. The summed E-state index contributed by atoms with van der Waals surface area (Å²) in [7, 11) is 0. The van der Waals surface area contributed by atoms with Gasteiger partial charge in [0.05, 0.1) is 6.42 Å². The lowest BCUT2D eigenvalue weighted by molar-refractivity contribution is -0.133. The van der Waals surface area contributed by atoms with Crippen LogP contribution in [0.15, 0.2) is 18.2 Å². The molecule has 16 heavy (non-hydrogen) atoms. The number of carboxylic acid groups (broad SMARTS) is 1. The van der Waals surface area contributed by atoms with E-state index in [1.54, 1.807) is 6.07 Å². The summed E-state index contributed by atoms with van der Waals surface area (Å²) in [5.41, 5.74) is -0.0144. The minimum Gasteiger partial charge on any atom is -0.478 e. The summed E-state index contributed by atoms with van der Waals surface area (Å²) in [6, 6.07) is 4.60. The first-order valence-corrected chi connectivity index (χ1v) is 6.10. The molecule has 0 aliphatic carbocycles. The highest BCUT2D eigenvalue weighted by molar-refractivity contribution is 14.1. The van der Waals surface area contributed by atoms with Crippen molar-refractivity contribution in [1.29, 1.82) is 0 Å². The van der Waals surface area contributed by atoms with Gasteiger partial charge in [0.25, 0.3) is 0 Å².